The van der Waals surface area contributed by atoms with Crippen molar-refractivity contribution in [3.05, 3.63) is 0 Å². The van der Waals surface area contributed by atoms with Crippen molar-refractivity contribution >= 4 is 15.8 Å². The van der Waals surface area contributed by atoms with Gasteiger partial charge in [0, 0.05) is 61.4 Å². The van der Waals surface area contributed by atoms with Crippen LogP contribution in [-0.2, 0) is 23.7 Å². The Morgan fingerprint density at radius 2 is 0.903 bits per heavy atom. The van der Waals surface area contributed by atoms with Crippen molar-refractivity contribution in [2.24, 2.45) is 5.73 Å². The summed E-state index contributed by atoms with van der Waals surface area (Å²) in [5.74, 6) is 0. The summed E-state index contributed by atoms with van der Waals surface area (Å²) in [6.45, 7) is 4.73. The molecule has 0 saturated carbocycles. The molecule has 0 heterocycles. The minimum atomic E-state index is 0.0202. The van der Waals surface area contributed by atoms with E-state index in [9.17, 15) is 0 Å². The zero-order valence-corrected chi connectivity index (χ0v) is 22.6. The van der Waals surface area contributed by atoms with Gasteiger partial charge in [0.1, 0.15) is 0 Å². The Morgan fingerprint density at radius 1 is 0.548 bits per heavy atom. The van der Waals surface area contributed by atoms with E-state index in [4.69, 9.17) is 29.4 Å². The van der Waals surface area contributed by atoms with Gasteiger partial charge in [-0.3, -0.25) is 0 Å². The van der Waals surface area contributed by atoms with Gasteiger partial charge >= 0.3 is 0 Å². The second kappa shape index (κ2) is 25.2. The highest BCUT2D eigenvalue weighted by Crippen LogP contribution is 2.41. The zero-order valence-electron chi connectivity index (χ0n) is 20.8. The first kappa shape index (κ1) is 31.6. The molecule has 0 atom stereocenters. The van der Waals surface area contributed by atoms with E-state index in [0.29, 0.717) is 19.3 Å². The molecule has 8 heteroatoms. The maximum Gasteiger partial charge on any atom is 0.0592 e. The Morgan fingerprint density at radius 3 is 1.19 bits per heavy atom. The highest BCUT2D eigenvalue weighted by molar-refractivity contribution is 7.57. The molecule has 2 N–H and O–H groups in total. The second-order valence-electron chi connectivity index (χ2n) is 7.93. The maximum atomic E-state index is 6.19. The minimum Gasteiger partial charge on any atom is -0.385 e. The van der Waals surface area contributed by atoms with Crippen LogP contribution in [0.5, 0.6) is 0 Å². The third-order valence-corrected chi connectivity index (χ3v) is 10.9. The van der Waals surface area contributed by atoms with E-state index < -0.39 is 0 Å². The summed E-state index contributed by atoms with van der Waals surface area (Å²) in [6, 6.07) is 0. The third kappa shape index (κ3) is 20.9. The Kier molecular flexibility index (Phi) is 25.8. The second-order valence-corrected chi connectivity index (χ2v) is 13.3. The van der Waals surface area contributed by atoms with Crippen LogP contribution < -0.4 is 5.73 Å². The van der Waals surface area contributed by atoms with Crippen molar-refractivity contribution in [3.8, 4) is 0 Å². The Bertz CT molecular complexity index is 308. The highest BCUT2D eigenvalue weighted by Gasteiger charge is 2.17. The molecule has 0 aliphatic carbocycles. The lowest BCUT2D eigenvalue weighted by molar-refractivity contribution is 0.0549. The van der Waals surface area contributed by atoms with Gasteiger partial charge in [0.15, 0.2) is 0 Å². The average molecular weight is 484 g/mol. The summed E-state index contributed by atoms with van der Waals surface area (Å²) in [5.41, 5.74) is 5.74. The lowest BCUT2D eigenvalue weighted by Crippen LogP contribution is -2.21. The SMILES string of the molecule is COCCCP(CCCOC)CCC(CCP(CCCOC)CCCOC)OCCN. The van der Waals surface area contributed by atoms with Crippen LogP contribution in [0.1, 0.15) is 38.5 Å². The standard InChI is InChI=1S/C23H51NO5P2/c1-25-12-5-17-30(18-6-13-26-2)21-9-23(29-16-11-24)10-22-31(19-7-14-27-3)20-8-15-28-4/h23H,5-22,24H2,1-4H3. The number of nitrogens with two attached hydrogens (primary N) is 1. The van der Waals surface area contributed by atoms with Crippen molar-refractivity contribution in [2.45, 2.75) is 44.6 Å². The fourth-order valence-corrected chi connectivity index (χ4v) is 8.55. The van der Waals surface area contributed by atoms with Gasteiger partial charge in [0.25, 0.3) is 0 Å². The van der Waals surface area contributed by atoms with Crippen molar-refractivity contribution < 1.29 is 23.7 Å². The van der Waals surface area contributed by atoms with Gasteiger partial charge in [-0.25, -0.2) is 0 Å². The van der Waals surface area contributed by atoms with Crippen LogP contribution in [0.3, 0.4) is 0 Å². The molecule has 31 heavy (non-hydrogen) atoms. The highest BCUT2D eigenvalue weighted by atomic mass is 31.1. The molecule has 0 radical (unpaired) electrons. The monoisotopic (exact) mass is 483 g/mol. The van der Waals surface area contributed by atoms with E-state index in [1.807, 2.05) is 0 Å². The Balaban J connectivity index is 4.62. The first-order valence-electron chi connectivity index (χ1n) is 11.9. The van der Waals surface area contributed by atoms with Crippen molar-refractivity contribution in [1.29, 1.82) is 0 Å². The molecule has 0 aromatic heterocycles. The normalized spacial score (nSPS) is 12.0. The first-order valence-corrected chi connectivity index (χ1v) is 15.7. The summed E-state index contributed by atoms with van der Waals surface area (Å²) >= 11 is 0. The quantitative estimate of drug-likeness (QED) is 0.155. The summed E-state index contributed by atoms with van der Waals surface area (Å²) in [4.78, 5) is 0. The molecule has 6 nitrogen and oxygen atoms in total. The van der Waals surface area contributed by atoms with Crippen LogP contribution in [0.15, 0.2) is 0 Å². The molecule has 0 aliphatic heterocycles. The molecule has 0 bridgehead atoms. The van der Waals surface area contributed by atoms with E-state index in [1.165, 1.54) is 37.0 Å². The average Bonchev–Trinajstić information content (AvgIpc) is 2.78. The van der Waals surface area contributed by atoms with Gasteiger partial charge in [-0.05, 0) is 75.5 Å². The zero-order chi connectivity index (χ0) is 23.0. The molecule has 0 aromatic rings. The van der Waals surface area contributed by atoms with Gasteiger partial charge in [0.2, 0.25) is 0 Å². The summed E-state index contributed by atoms with van der Waals surface area (Å²) in [7, 11) is 7.21. The van der Waals surface area contributed by atoms with E-state index in [-0.39, 0.29) is 15.8 Å². The summed E-state index contributed by atoms with van der Waals surface area (Å²) < 4.78 is 27.3. The van der Waals surface area contributed by atoms with Gasteiger partial charge in [0.05, 0.1) is 12.7 Å². The van der Waals surface area contributed by atoms with Crippen LogP contribution in [0, 0.1) is 0 Å². The molecule has 0 amide bonds. The number of ether oxygens (including phenoxy) is 5. The molecular weight excluding hydrogens is 432 g/mol. The third-order valence-electron chi connectivity index (χ3n) is 5.30. The van der Waals surface area contributed by atoms with Gasteiger partial charge in [-0.15, -0.1) is 15.8 Å². The number of hydrogen-bond acceptors (Lipinski definition) is 6. The fraction of sp³-hybridized carbons (Fsp3) is 1.00. The molecule has 188 valence electrons. The summed E-state index contributed by atoms with van der Waals surface area (Å²) in [6.07, 6.45) is 15.0. The lowest BCUT2D eigenvalue weighted by Gasteiger charge is -2.25. The molecule has 0 aliphatic rings. The number of hydrogen-bond donors (Lipinski definition) is 1. The van der Waals surface area contributed by atoms with Crippen molar-refractivity contribution in [2.75, 3.05) is 105 Å². The van der Waals surface area contributed by atoms with Crippen LogP contribution >= 0.6 is 15.8 Å². The molecular formula is C23H51NO5P2. The molecule has 0 unspecified atom stereocenters. The molecule has 0 fully saturated rings. The van der Waals surface area contributed by atoms with Crippen molar-refractivity contribution in [3.63, 3.8) is 0 Å². The van der Waals surface area contributed by atoms with Crippen LogP contribution in [0.2, 0.25) is 0 Å². The van der Waals surface area contributed by atoms with Crippen LogP contribution in [0.25, 0.3) is 0 Å². The van der Waals surface area contributed by atoms with Crippen molar-refractivity contribution in [1.82, 2.24) is 0 Å². The largest absolute Gasteiger partial charge is 0.385 e. The first-order chi connectivity index (χ1) is 15.2. The van der Waals surface area contributed by atoms with Gasteiger partial charge < -0.3 is 29.4 Å². The molecule has 0 rings (SSSR count). The minimum absolute atomic E-state index is 0.0202. The van der Waals surface area contributed by atoms with Gasteiger partial charge in [-0.1, -0.05) is 0 Å². The number of rotatable bonds is 25. The predicted octanol–water partition coefficient (Wildman–Crippen LogP) is 4.22. The predicted molar refractivity (Wildman–Crippen MR) is 137 cm³/mol. The Hall–Kier alpha value is 0.620. The van der Waals surface area contributed by atoms with E-state index >= 15 is 0 Å². The lowest BCUT2D eigenvalue weighted by atomic mass is 10.2. The van der Waals surface area contributed by atoms with Crippen LogP contribution in [-0.4, -0.2) is 111 Å². The van der Waals surface area contributed by atoms with E-state index in [0.717, 1.165) is 65.0 Å². The molecule has 0 saturated heterocycles. The van der Waals surface area contributed by atoms with E-state index in [1.54, 1.807) is 28.4 Å². The van der Waals surface area contributed by atoms with E-state index in [2.05, 4.69) is 0 Å². The Labute approximate surface area is 195 Å². The maximum absolute atomic E-state index is 6.19. The topological polar surface area (TPSA) is 72.2 Å². The molecule has 0 spiro atoms. The molecule has 0 aromatic carbocycles. The number of methoxy groups -OCH3 is 4. The fourth-order valence-electron chi connectivity index (χ4n) is 3.60. The van der Waals surface area contributed by atoms with Crippen LogP contribution in [0.4, 0.5) is 0 Å². The smallest absolute Gasteiger partial charge is 0.0592 e. The summed E-state index contributed by atoms with van der Waals surface area (Å²) in [5, 5.41) is 0. The van der Waals surface area contributed by atoms with Gasteiger partial charge in [-0.2, -0.15) is 0 Å².